The summed E-state index contributed by atoms with van der Waals surface area (Å²) in [5, 5.41) is 10.9. The van der Waals surface area contributed by atoms with E-state index < -0.39 is 11.9 Å². The van der Waals surface area contributed by atoms with Gasteiger partial charge in [0.05, 0.1) is 18.4 Å². The molecule has 2 aromatic carbocycles. The fourth-order valence-electron chi connectivity index (χ4n) is 6.75. The molecule has 6 rings (SSSR count). The number of methoxy groups -OCH3 is 1. The van der Waals surface area contributed by atoms with Crippen LogP contribution < -0.4 is 9.47 Å². The van der Waals surface area contributed by atoms with Gasteiger partial charge in [-0.15, -0.1) is 0 Å². The number of nitrogens with one attached hydrogen (secondary N) is 1. The molecule has 0 saturated heterocycles. The summed E-state index contributed by atoms with van der Waals surface area (Å²) in [4.78, 5) is 30.3. The molecule has 0 amide bonds. The highest BCUT2D eigenvalue weighted by molar-refractivity contribution is 5.84. The van der Waals surface area contributed by atoms with Crippen molar-refractivity contribution >= 4 is 22.8 Å². The molecule has 0 saturated carbocycles. The largest absolute Gasteiger partial charge is 0.493 e. The number of carbonyl (C=O) groups is 2. The van der Waals surface area contributed by atoms with Gasteiger partial charge >= 0.3 is 11.9 Å². The summed E-state index contributed by atoms with van der Waals surface area (Å²) in [5.74, 6) is -0.173. The minimum Gasteiger partial charge on any atom is -0.493 e. The number of ether oxygens (including phenoxy) is 3. The number of benzene rings is 2. The van der Waals surface area contributed by atoms with E-state index in [2.05, 4.69) is 29.1 Å². The lowest BCUT2D eigenvalue weighted by atomic mass is 9.69. The van der Waals surface area contributed by atoms with Crippen molar-refractivity contribution in [2.75, 3.05) is 20.7 Å². The van der Waals surface area contributed by atoms with Gasteiger partial charge in [-0.05, 0) is 68.6 Å². The first-order chi connectivity index (χ1) is 19.4. The molecule has 1 aromatic heterocycles. The van der Waals surface area contributed by atoms with Gasteiger partial charge in [0.1, 0.15) is 12.2 Å². The second-order valence-corrected chi connectivity index (χ2v) is 11.4. The number of aromatic amines is 1. The summed E-state index contributed by atoms with van der Waals surface area (Å²) in [6.45, 7) is 1.79. The molecule has 0 unspecified atom stereocenters. The Hall–Kier alpha value is -3.78. The van der Waals surface area contributed by atoms with E-state index in [1.54, 1.807) is 7.11 Å². The average molecular weight is 545 g/mol. The van der Waals surface area contributed by atoms with Crippen molar-refractivity contribution in [3.63, 3.8) is 0 Å². The molecule has 3 aliphatic rings. The molecule has 2 aliphatic heterocycles. The van der Waals surface area contributed by atoms with Crippen molar-refractivity contribution < 1.29 is 28.9 Å². The van der Waals surface area contributed by atoms with Gasteiger partial charge < -0.3 is 29.2 Å². The number of carboxylic acid groups (broad SMARTS) is 1. The molecule has 0 bridgehead atoms. The molecule has 3 aromatic rings. The second-order valence-electron chi connectivity index (χ2n) is 11.4. The zero-order valence-electron chi connectivity index (χ0n) is 23.0. The van der Waals surface area contributed by atoms with Gasteiger partial charge in [0, 0.05) is 42.0 Å². The quantitative estimate of drug-likeness (QED) is 0.289. The maximum Gasteiger partial charge on any atom is 0.306 e. The SMILES string of the molecule is COc1ccc2c3c1O[C@H]1C[C@@H](OC(=O)CCC[C@@H](Cc4c[nH]c5ccccc45)C(=O)O)C=C[C@@]31CCN(C)C2. The van der Waals surface area contributed by atoms with Crippen LogP contribution in [0.3, 0.4) is 0 Å². The highest BCUT2D eigenvalue weighted by Gasteiger charge is 2.53. The first-order valence-corrected chi connectivity index (χ1v) is 14.1. The third-order valence-electron chi connectivity index (χ3n) is 8.84. The topological polar surface area (TPSA) is 101 Å². The average Bonchev–Trinajstić information content (AvgIpc) is 3.46. The van der Waals surface area contributed by atoms with Crippen LogP contribution in [0.5, 0.6) is 11.5 Å². The number of hydrogen-bond acceptors (Lipinski definition) is 6. The molecule has 1 spiro atoms. The molecule has 4 atom stereocenters. The molecule has 2 N–H and O–H groups in total. The van der Waals surface area contributed by atoms with Crippen LogP contribution in [0.1, 0.15) is 48.8 Å². The normalized spacial score (nSPS) is 24.1. The highest BCUT2D eigenvalue weighted by Crippen LogP contribution is 2.55. The van der Waals surface area contributed by atoms with Crippen LogP contribution in [0.4, 0.5) is 0 Å². The second kappa shape index (κ2) is 10.7. The third kappa shape index (κ3) is 4.74. The summed E-state index contributed by atoms with van der Waals surface area (Å²) >= 11 is 0. The van der Waals surface area contributed by atoms with Crippen LogP contribution in [0.2, 0.25) is 0 Å². The summed E-state index contributed by atoms with van der Waals surface area (Å²) in [6, 6.07) is 12.0. The van der Waals surface area contributed by atoms with Crippen LogP contribution in [0, 0.1) is 5.92 Å². The Balaban J connectivity index is 1.08. The predicted octanol–water partition coefficient (Wildman–Crippen LogP) is 5.00. The van der Waals surface area contributed by atoms with Gasteiger partial charge in [0.25, 0.3) is 0 Å². The molecule has 210 valence electrons. The number of carboxylic acids is 1. The first kappa shape index (κ1) is 26.4. The van der Waals surface area contributed by atoms with E-state index in [0.29, 0.717) is 25.7 Å². The number of rotatable bonds is 9. The number of aliphatic carboxylic acids is 1. The first-order valence-electron chi connectivity index (χ1n) is 14.1. The van der Waals surface area contributed by atoms with Crippen molar-refractivity contribution in [3.8, 4) is 11.5 Å². The molecule has 0 fully saturated rings. The van der Waals surface area contributed by atoms with E-state index >= 15 is 0 Å². The van der Waals surface area contributed by atoms with Crippen molar-refractivity contribution in [2.24, 2.45) is 5.92 Å². The summed E-state index contributed by atoms with van der Waals surface area (Å²) < 4.78 is 18.0. The lowest BCUT2D eigenvalue weighted by molar-refractivity contribution is -0.149. The molecule has 8 nitrogen and oxygen atoms in total. The minimum absolute atomic E-state index is 0.139. The van der Waals surface area contributed by atoms with E-state index in [-0.39, 0.29) is 30.0 Å². The predicted molar refractivity (Wildman–Crippen MR) is 151 cm³/mol. The van der Waals surface area contributed by atoms with Crippen LogP contribution in [0.25, 0.3) is 10.9 Å². The number of H-pyrrole nitrogens is 1. The van der Waals surface area contributed by atoms with Gasteiger partial charge in [-0.2, -0.15) is 0 Å². The van der Waals surface area contributed by atoms with E-state index in [1.807, 2.05) is 42.6 Å². The van der Waals surface area contributed by atoms with Crippen molar-refractivity contribution in [1.29, 1.82) is 0 Å². The Bertz CT molecular complexity index is 1460. The smallest absolute Gasteiger partial charge is 0.306 e. The number of carbonyl (C=O) groups excluding carboxylic acids is 1. The fraction of sp³-hybridized carbons (Fsp3) is 0.438. The Morgan fingerprint density at radius 1 is 1.25 bits per heavy atom. The standard InChI is InChI=1S/C32H36N2O6/c1-34-15-14-32-13-12-23(17-27(32)40-30-26(38-2)11-10-21(19-34)29(30)32)39-28(35)9-5-6-20(31(36)37)16-22-18-33-25-8-4-3-7-24(22)25/h3-4,7-8,10-13,18,20,23,27,33H,5-6,9,14-17,19H2,1-2H3,(H,36,37)/t20-,23-,27-,32-/m0/s1. The van der Waals surface area contributed by atoms with Gasteiger partial charge in [-0.25, -0.2) is 0 Å². The molecule has 40 heavy (non-hydrogen) atoms. The molecule has 3 heterocycles. The van der Waals surface area contributed by atoms with Crippen molar-refractivity contribution in [2.45, 2.75) is 62.7 Å². The van der Waals surface area contributed by atoms with Crippen LogP contribution in [0.15, 0.2) is 54.7 Å². The van der Waals surface area contributed by atoms with E-state index in [4.69, 9.17) is 14.2 Å². The van der Waals surface area contributed by atoms with Gasteiger partial charge in [0.15, 0.2) is 11.5 Å². The van der Waals surface area contributed by atoms with E-state index in [9.17, 15) is 14.7 Å². The minimum atomic E-state index is -0.846. The fourth-order valence-corrected chi connectivity index (χ4v) is 6.75. The highest BCUT2D eigenvalue weighted by atomic mass is 16.6. The van der Waals surface area contributed by atoms with Gasteiger partial charge in [0.2, 0.25) is 0 Å². The zero-order valence-corrected chi connectivity index (χ0v) is 23.0. The summed E-state index contributed by atoms with van der Waals surface area (Å²) in [5.41, 5.74) is 4.17. The van der Waals surface area contributed by atoms with Gasteiger partial charge in [-0.1, -0.05) is 30.3 Å². The van der Waals surface area contributed by atoms with Crippen LogP contribution >= 0.6 is 0 Å². The lowest BCUT2D eigenvalue weighted by Crippen LogP contribution is -2.43. The number of aromatic nitrogens is 1. The number of para-hydroxylation sites is 1. The number of nitrogens with zero attached hydrogens (tertiary/aromatic N) is 1. The Kier molecular flexibility index (Phi) is 7.04. The maximum atomic E-state index is 12.8. The molecule has 0 radical (unpaired) electrons. The van der Waals surface area contributed by atoms with E-state index in [0.717, 1.165) is 47.5 Å². The number of fused-ring (bicyclic) bond motifs is 1. The van der Waals surface area contributed by atoms with E-state index in [1.165, 1.54) is 11.1 Å². The summed E-state index contributed by atoms with van der Waals surface area (Å²) in [7, 11) is 3.80. The zero-order chi connectivity index (χ0) is 27.9. The van der Waals surface area contributed by atoms with Crippen molar-refractivity contribution in [1.82, 2.24) is 9.88 Å². The maximum absolute atomic E-state index is 12.8. The molecular formula is C32H36N2O6. The third-order valence-corrected chi connectivity index (χ3v) is 8.84. The molecule has 1 aliphatic carbocycles. The number of esters is 1. The molecule has 8 heteroatoms. The Morgan fingerprint density at radius 2 is 2.10 bits per heavy atom. The van der Waals surface area contributed by atoms with Gasteiger partial charge in [-0.3, -0.25) is 9.59 Å². The molecular weight excluding hydrogens is 508 g/mol. The van der Waals surface area contributed by atoms with Crippen molar-refractivity contribution in [3.05, 3.63) is 71.4 Å². The van der Waals surface area contributed by atoms with Crippen LogP contribution in [-0.2, 0) is 32.7 Å². The Morgan fingerprint density at radius 3 is 2.92 bits per heavy atom. The number of hydrogen-bond donors (Lipinski definition) is 2. The lowest BCUT2D eigenvalue weighted by Gasteiger charge is -2.36. The summed E-state index contributed by atoms with van der Waals surface area (Å²) in [6.07, 6.45) is 8.52. The van der Waals surface area contributed by atoms with Crippen LogP contribution in [-0.4, -0.2) is 59.8 Å². The Labute approximate surface area is 233 Å². The monoisotopic (exact) mass is 544 g/mol.